The molecule has 0 amide bonds. The molecule has 12 heavy (non-hydrogen) atoms. The van der Waals surface area contributed by atoms with Gasteiger partial charge >= 0.3 is 0 Å². The molecule has 0 spiro atoms. The predicted molar refractivity (Wildman–Crippen MR) is 66.6 cm³/mol. The van der Waals surface area contributed by atoms with E-state index in [-0.39, 0.29) is 10.3 Å². The molecule has 0 aliphatic rings. The maximum absolute atomic E-state index is 5.75. The molecular formula is C9H19IOS. The molecule has 1 nitrogen and oxygen atoms in total. The van der Waals surface area contributed by atoms with Crippen LogP contribution in [0.25, 0.3) is 0 Å². The van der Waals surface area contributed by atoms with Crippen LogP contribution >= 0.6 is 35.2 Å². The summed E-state index contributed by atoms with van der Waals surface area (Å²) in [6.45, 7) is 9.10. The van der Waals surface area contributed by atoms with Gasteiger partial charge in [0.05, 0.1) is 12.2 Å². The molecule has 0 atom stereocenters. The van der Waals surface area contributed by atoms with Crippen molar-refractivity contribution >= 4 is 35.2 Å². The van der Waals surface area contributed by atoms with Crippen molar-refractivity contribution in [1.29, 1.82) is 0 Å². The van der Waals surface area contributed by atoms with Gasteiger partial charge in [0.25, 0.3) is 0 Å². The fraction of sp³-hybridized carbons (Fsp3) is 1.00. The average Bonchev–Trinajstić information content (AvgIpc) is 1.83. The maximum Gasteiger partial charge on any atom is 0.0634 e. The predicted octanol–water partition coefficient (Wildman–Crippen LogP) is 3.32. The molecule has 74 valence electrons. The smallest absolute Gasteiger partial charge is 0.0634 e. The van der Waals surface area contributed by atoms with Crippen LogP contribution in [0.5, 0.6) is 0 Å². The van der Waals surface area contributed by atoms with Crippen molar-refractivity contribution in [3.8, 4) is 0 Å². The van der Waals surface area contributed by atoms with Gasteiger partial charge in [-0.25, -0.2) is 0 Å². The molecule has 0 radical (unpaired) electrons. The highest BCUT2D eigenvalue weighted by molar-refractivity contribution is 14.1. The summed E-state index contributed by atoms with van der Waals surface area (Å²) in [7, 11) is 0. The van der Waals surface area contributed by atoms with Crippen LogP contribution in [-0.4, -0.2) is 21.4 Å². The molecule has 0 fully saturated rings. The highest BCUT2D eigenvalue weighted by Crippen LogP contribution is 2.20. The Balaban J connectivity index is 3.75. The Kier molecular flexibility index (Phi) is 5.49. The largest absolute Gasteiger partial charge is 0.374 e. The van der Waals surface area contributed by atoms with Gasteiger partial charge in [0.1, 0.15) is 0 Å². The molecule has 0 N–H and O–H groups in total. The Morgan fingerprint density at radius 2 is 1.75 bits per heavy atom. The lowest BCUT2D eigenvalue weighted by Crippen LogP contribution is -2.31. The van der Waals surface area contributed by atoms with E-state index in [2.05, 4.69) is 62.9 Å². The first-order chi connectivity index (χ1) is 5.27. The number of hydrogen-bond acceptors (Lipinski definition) is 2. The number of thiol groups is 1. The Morgan fingerprint density at radius 3 is 2.08 bits per heavy atom. The van der Waals surface area contributed by atoms with Gasteiger partial charge < -0.3 is 4.74 Å². The quantitative estimate of drug-likeness (QED) is 0.466. The van der Waals surface area contributed by atoms with Crippen LogP contribution in [0.2, 0.25) is 0 Å². The van der Waals surface area contributed by atoms with Gasteiger partial charge in [-0.2, -0.15) is 12.6 Å². The molecule has 0 rings (SSSR count). The van der Waals surface area contributed by atoms with Crippen LogP contribution in [0.4, 0.5) is 0 Å². The number of halogens is 1. The number of alkyl halides is 1. The van der Waals surface area contributed by atoms with E-state index in [1.165, 1.54) is 0 Å². The van der Waals surface area contributed by atoms with Crippen molar-refractivity contribution in [1.82, 2.24) is 0 Å². The van der Waals surface area contributed by atoms with E-state index >= 15 is 0 Å². The summed E-state index contributed by atoms with van der Waals surface area (Å²) in [5.41, 5.74) is 0.00118. The van der Waals surface area contributed by atoms with Gasteiger partial charge in [-0.1, -0.05) is 22.6 Å². The van der Waals surface area contributed by atoms with Crippen LogP contribution in [0.1, 0.15) is 34.1 Å². The Hall–Kier alpha value is 1.04. The fourth-order valence-electron chi connectivity index (χ4n) is 0.672. The minimum atomic E-state index is -0.0253. The Labute approximate surface area is 95.2 Å². The standard InChI is InChI=1S/C9H19IOS/c1-8(2,5-6-10)11-7-9(3,4)12/h12H,5-7H2,1-4H3. The molecule has 0 aromatic rings. The molecule has 3 heteroatoms. The van der Waals surface area contributed by atoms with Crippen molar-refractivity contribution in [2.75, 3.05) is 11.0 Å². The van der Waals surface area contributed by atoms with Crippen molar-refractivity contribution in [3.05, 3.63) is 0 Å². The van der Waals surface area contributed by atoms with Crippen molar-refractivity contribution in [3.63, 3.8) is 0 Å². The highest BCUT2D eigenvalue weighted by atomic mass is 127. The highest BCUT2D eigenvalue weighted by Gasteiger charge is 2.21. The molecule has 0 unspecified atom stereocenters. The summed E-state index contributed by atoms with van der Waals surface area (Å²) in [6, 6.07) is 0. The summed E-state index contributed by atoms with van der Waals surface area (Å²) in [4.78, 5) is 0. The van der Waals surface area contributed by atoms with Crippen LogP contribution in [-0.2, 0) is 4.74 Å². The first kappa shape index (κ1) is 13.0. The topological polar surface area (TPSA) is 9.23 Å². The van der Waals surface area contributed by atoms with Crippen molar-refractivity contribution < 1.29 is 4.74 Å². The van der Waals surface area contributed by atoms with Crippen LogP contribution in [0.15, 0.2) is 0 Å². The molecule has 0 heterocycles. The molecule has 0 aromatic heterocycles. The summed E-state index contributed by atoms with van der Waals surface area (Å²) >= 11 is 6.78. The van der Waals surface area contributed by atoms with Gasteiger partial charge in [0.15, 0.2) is 0 Å². The van der Waals surface area contributed by atoms with E-state index in [1.54, 1.807) is 0 Å². The second-order valence-corrected chi connectivity index (χ2v) is 6.59. The Bertz CT molecular complexity index is 129. The minimum Gasteiger partial charge on any atom is -0.374 e. The zero-order chi connectivity index (χ0) is 9.83. The second kappa shape index (κ2) is 5.05. The average molecular weight is 302 g/mol. The molecule has 0 aliphatic carbocycles. The summed E-state index contributed by atoms with van der Waals surface area (Å²) in [6.07, 6.45) is 1.09. The summed E-state index contributed by atoms with van der Waals surface area (Å²) in [5.74, 6) is 0. The monoisotopic (exact) mass is 302 g/mol. The van der Waals surface area contributed by atoms with E-state index in [1.807, 2.05) is 0 Å². The van der Waals surface area contributed by atoms with E-state index in [0.29, 0.717) is 6.61 Å². The lowest BCUT2D eigenvalue weighted by molar-refractivity contribution is -0.0259. The third kappa shape index (κ3) is 7.68. The molecule has 0 aliphatic heterocycles. The molecular weight excluding hydrogens is 283 g/mol. The first-order valence-corrected chi connectivity index (χ1v) is 6.16. The second-order valence-electron chi connectivity index (χ2n) is 4.30. The van der Waals surface area contributed by atoms with E-state index < -0.39 is 0 Å². The molecule has 0 saturated carbocycles. The molecule has 0 saturated heterocycles. The van der Waals surface area contributed by atoms with Crippen LogP contribution in [0.3, 0.4) is 0 Å². The first-order valence-electron chi connectivity index (χ1n) is 4.19. The lowest BCUT2D eigenvalue weighted by atomic mass is 10.1. The third-order valence-corrected chi connectivity index (χ3v) is 2.18. The van der Waals surface area contributed by atoms with E-state index in [4.69, 9.17) is 4.74 Å². The number of hydrogen-bond donors (Lipinski definition) is 1. The number of ether oxygens (including phenoxy) is 1. The number of rotatable bonds is 5. The van der Waals surface area contributed by atoms with E-state index in [0.717, 1.165) is 10.8 Å². The Morgan fingerprint density at radius 1 is 1.25 bits per heavy atom. The minimum absolute atomic E-state index is 0.00118. The van der Waals surface area contributed by atoms with Gasteiger partial charge in [0, 0.05) is 9.17 Å². The fourth-order valence-corrected chi connectivity index (χ4v) is 2.04. The molecule has 0 aromatic carbocycles. The third-order valence-electron chi connectivity index (χ3n) is 1.51. The maximum atomic E-state index is 5.75. The van der Waals surface area contributed by atoms with Gasteiger partial charge in [-0.05, 0) is 34.1 Å². The molecule has 0 bridgehead atoms. The van der Waals surface area contributed by atoms with Crippen molar-refractivity contribution in [2.24, 2.45) is 0 Å². The lowest BCUT2D eigenvalue weighted by Gasteiger charge is -2.28. The summed E-state index contributed by atoms with van der Waals surface area (Å²) < 4.78 is 6.86. The van der Waals surface area contributed by atoms with Crippen molar-refractivity contribution in [2.45, 2.75) is 44.5 Å². The summed E-state index contributed by atoms with van der Waals surface area (Å²) in [5, 5.41) is 0. The SMILES string of the molecule is CC(C)(S)COC(C)(C)CCI. The van der Waals surface area contributed by atoms with Crippen LogP contribution in [0, 0.1) is 0 Å². The van der Waals surface area contributed by atoms with Gasteiger partial charge in [-0.15, -0.1) is 0 Å². The zero-order valence-electron chi connectivity index (χ0n) is 8.35. The van der Waals surface area contributed by atoms with E-state index in [9.17, 15) is 0 Å². The normalized spacial score (nSPS) is 13.5. The van der Waals surface area contributed by atoms with Gasteiger partial charge in [-0.3, -0.25) is 0 Å². The zero-order valence-corrected chi connectivity index (χ0v) is 11.4. The van der Waals surface area contributed by atoms with Crippen LogP contribution < -0.4 is 0 Å². The van der Waals surface area contributed by atoms with Gasteiger partial charge in [0.2, 0.25) is 0 Å².